The quantitative estimate of drug-likeness (QED) is 0.707. The van der Waals surface area contributed by atoms with Crippen LogP contribution in [0.3, 0.4) is 0 Å². The van der Waals surface area contributed by atoms with E-state index < -0.39 is 0 Å². The third-order valence-corrected chi connectivity index (χ3v) is 3.24. The molecule has 0 radical (unpaired) electrons. The van der Waals surface area contributed by atoms with Gasteiger partial charge in [0.05, 0.1) is 12.6 Å². The Labute approximate surface area is 104 Å². The van der Waals surface area contributed by atoms with Crippen LogP contribution in [0.5, 0.6) is 0 Å². The maximum absolute atomic E-state index is 11.9. The first-order chi connectivity index (χ1) is 8.26. The minimum atomic E-state index is 0.175. The molecule has 2 N–H and O–H groups in total. The lowest BCUT2D eigenvalue weighted by Gasteiger charge is -2.23. The van der Waals surface area contributed by atoms with E-state index in [4.69, 9.17) is 4.74 Å². The van der Waals surface area contributed by atoms with Gasteiger partial charge in [-0.25, -0.2) is 0 Å². The minimum Gasteiger partial charge on any atom is -0.383 e. The van der Waals surface area contributed by atoms with Gasteiger partial charge in [0.25, 0.3) is 0 Å². The summed E-state index contributed by atoms with van der Waals surface area (Å²) in [6.07, 6.45) is 5.07. The number of carbonyl (C=O) groups excluding carboxylic acids is 1. The number of hydrogen-bond donors (Lipinski definition) is 2. The second kappa shape index (κ2) is 8.48. The van der Waals surface area contributed by atoms with Crippen molar-refractivity contribution < 1.29 is 9.53 Å². The van der Waals surface area contributed by atoms with Crippen molar-refractivity contribution in [2.45, 2.75) is 45.1 Å². The predicted molar refractivity (Wildman–Crippen MR) is 68.9 cm³/mol. The van der Waals surface area contributed by atoms with Crippen LogP contribution in [-0.2, 0) is 9.53 Å². The van der Waals surface area contributed by atoms with E-state index in [0.29, 0.717) is 18.9 Å². The maximum atomic E-state index is 11.9. The fourth-order valence-corrected chi connectivity index (χ4v) is 2.39. The Balaban J connectivity index is 2.25. The van der Waals surface area contributed by atoms with Gasteiger partial charge in [-0.3, -0.25) is 4.79 Å². The molecule has 0 aromatic heterocycles. The SMILES string of the molecule is CCCC(COC)NC(=O)CC1CCCNC1. The van der Waals surface area contributed by atoms with Crippen molar-refractivity contribution in [2.75, 3.05) is 26.8 Å². The van der Waals surface area contributed by atoms with Gasteiger partial charge in [0.15, 0.2) is 0 Å². The Morgan fingerprint density at radius 3 is 3.00 bits per heavy atom. The molecule has 0 aromatic carbocycles. The van der Waals surface area contributed by atoms with Crippen molar-refractivity contribution >= 4 is 5.91 Å². The summed E-state index contributed by atoms with van der Waals surface area (Å²) in [4.78, 5) is 11.9. The minimum absolute atomic E-state index is 0.175. The second-order valence-corrected chi connectivity index (χ2v) is 4.92. The van der Waals surface area contributed by atoms with Crippen LogP contribution in [0.4, 0.5) is 0 Å². The Morgan fingerprint density at radius 2 is 2.41 bits per heavy atom. The molecule has 0 aromatic rings. The number of hydrogen-bond acceptors (Lipinski definition) is 3. The topological polar surface area (TPSA) is 50.4 Å². The van der Waals surface area contributed by atoms with Gasteiger partial charge in [-0.15, -0.1) is 0 Å². The van der Waals surface area contributed by atoms with E-state index in [0.717, 1.165) is 25.9 Å². The molecule has 1 fully saturated rings. The van der Waals surface area contributed by atoms with Crippen molar-refractivity contribution in [1.82, 2.24) is 10.6 Å². The molecule has 4 nitrogen and oxygen atoms in total. The van der Waals surface area contributed by atoms with Gasteiger partial charge in [-0.1, -0.05) is 13.3 Å². The lowest BCUT2D eigenvalue weighted by atomic mass is 9.95. The van der Waals surface area contributed by atoms with Gasteiger partial charge in [-0.2, -0.15) is 0 Å². The second-order valence-electron chi connectivity index (χ2n) is 4.92. The third kappa shape index (κ3) is 6.03. The maximum Gasteiger partial charge on any atom is 0.220 e. The molecule has 1 aliphatic heterocycles. The van der Waals surface area contributed by atoms with E-state index in [2.05, 4.69) is 17.6 Å². The lowest BCUT2D eigenvalue weighted by Crippen LogP contribution is -2.40. The van der Waals surface area contributed by atoms with Gasteiger partial charge in [-0.05, 0) is 38.3 Å². The van der Waals surface area contributed by atoms with Crippen LogP contribution in [0.15, 0.2) is 0 Å². The standard InChI is InChI=1S/C13H26N2O2/c1-3-5-12(10-17-2)15-13(16)8-11-6-4-7-14-9-11/h11-12,14H,3-10H2,1-2H3,(H,15,16). The molecule has 1 aliphatic rings. The fraction of sp³-hybridized carbons (Fsp3) is 0.923. The number of ether oxygens (including phenoxy) is 1. The summed E-state index contributed by atoms with van der Waals surface area (Å²) in [6, 6.07) is 0.175. The zero-order valence-corrected chi connectivity index (χ0v) is 11.1. The Hall–Kier alpha value is -0.610. The molecule has 17 heavy (non-hydrogen) atoms. The van der Waals surface area contributed by atoms with Crippen LogP contribution in [0.25, 0.3) is 0 Å². The van der Waals surface area contributed by atoms with Gasteiger partial charge >= 0.3 is 0 Å². The van der Waals surface area contributed by atoms with Crippen molar-refractivity contribution in [2.24, 2.45) is 5.92 Å². The van der Waals surface area contributed by atoms with E-state index in [-0.39, 0.29) is 11.9 Å². The van der Waals surface area contributed by atoms with Gasteiger partial charge < -0.3 is 15.4 Å². The number of nitrogens with one attached hydrogen (secondary N) is 2. The molecule has 0 aliphatic carbocycles. The summed E-state index contributed by atoms with van der Waals surface area (Å²) in [5.74, 6) is 0.683. The highest BCUT2D eigenvalue weighted by Gasteiger charge is 2.18. The molecule has 1 heterocycles. The Kier molecular flexibility index (Phi) is 7.21. The van der Waals surface area contributed by atoms with Crippen LogP contribution in [0.1, 0.15) is 39.0 Å². The predicted octanol–water partition coefficient (Wildman–Crippen LogP) is 1.31. The molecule has 1 saturated heterocycles. The molecule has 2 atom stereocenters. The summed E-state index contributed by atoms with van der Waals surface area (Å²) in [5.41, 5.74) is 0. The van der Waals surface area contributed by atoms with Crippen LogP contribution in [0, 0.1) is 5.92 Å². The van der Waals surface area contributed by atoms with E-state index in [1.54, 1.807) is 7.11 Å². The summed E-state index contributed by atoms with van der Waals surface area (Å²) in [6.45, 7) is 4.82. The van der Waals surface area contributed by atoms with Crippen LogP contribution < -0.4 is 10.6 Å². The highest BCUT2D eigenvalue weighted by atomic mass is 16.5. The highest BCUT2D eigenvalue weighted by molar-refractivity contribution is 5.76. The number of amides is 1. The number of piperidine rings is 1. The number of carbonyl (C=O) groups is 1. The van der Waals surface area contributed by atoms with Crippen molar-refractivity contribution in [3.8, 4) is 0 Å². The fourth-order valence-electron chi connectivity index (χ4n) is 2.39. The smallest absolute Gasteiger partial charge is 0.220 e. The van der Waals surface area contributed by atoms with E-state index in [1.165, 1.54) is 12.8 Å². The molecular formula is C13H26N2O2. The van der Waals surface area contributed by atoms with Gasteiger partial charge in [0.1, 0.15) is 0 Å². The third-order valence-electron chi connectivity index (χ3n) is 3.24. The van der Waals surface area contributed by atoms with Crippen molar-refractivity contribution in [3.05, 3.63) is 0 Å². The average molecular weight is 242 g/mol. The van der Waals surface area contributed by atoms with Crippen LogP contribution in [-0.4, -0.2) is 38.8 Å². The molecule has 1 rings (SSSR count). The molecule has 0 spiro atoms. The first-order valence-corrected chi connectivity index (χ1v) is 6.75. The molecule has 1 amide bonds. The molecule has 2 unspecified atom stereocenters. The highest BCUT2D eigenvalue weighted by Crippen LogP contribution is 2.13. The zero-order valence-electron chi connectivity index (χ0n) is 11.1. The lowest BCUT2D eigenvalue weighted by molar-refractivity contribution is -0.123. The molecule has 100 valence electrons. The monoisotopic (exact) mass is 242 g/mol. The van der Waals surface area contributed by atoms with Crippen molar-refractivity contribution in [3.63, 3.8) is 0 Å². The van der Waals surface area contributed by atoms with Gasteiger partial charge in [0.2, 0.25) is 5.91 Å². The van der Waals surface area contributed by atoms with Gasteiger partial charge in [0, 0.05) is 13.5 Å². The molecular weight excluding hydrogens is 216 g/mol. The first kappa shape index (κ1) is 14.5. The molecule has 0 saturated carbocycles. The number of methoxy groups -OCH3 is 1. The Bertz CT molecular complexity index is 209. The summed E-state index contributed by atoms with van der Waals surface area (Å²) in [7, 11) is 1.68. The summed E-state index contributed by atoms with van der Waals surface area (Å²) in [5, 5.41) is 6.41. The molecule has 4 heteroatoms. The van der Waals surface area contributed by atoms with E-state index in [1.807, 2.05) is 0 Å². The van der Waals surface area contributed by atoms with Crippen molar-refractivity contribution in [1.29, 1.82) is 0 Å². The molecule has 0 bridgehead atoms. The van der Waals surface area contributed by atoms with Crippen LogP contribution in [0.2, 0.25) is 0 Å². The van der Waals surface area contributed by atoms with E-state index in [9.17, 15) is 4.79 Å². The normalized spacial score (nSPS) is 22.1. The first-order valence-electron chi connectivity index (χ1n) is 6.75. The summed E-state index contributed by atoms with van der Waals surface area (Å²) < 4.78 is 5.12. The van der Waals surface area contributed by atoms with Crippen LogP contribution >= 0.6 is 0 Å². The number of rotatable bonds is 7. The summed E-state index contributed by atoms with van der Waals surface area (Å²) >= 11 is 0. The largest absolute Gasteiger partial charge is 0.383 e. The average Bonchev–Trinajstić information content (AvgIpc) is 2.30. The van der Waals surface area contributed by atoms with E-state index >= 15 is 0 Å². The Morgan fingerprint density at radius 1 is 1.59 bits per heavy atom. The zero-order chi connectivity index (χ0) is 12.5.